The highest BCUT2D eigenvalue weighted by atomic mass is 35.5. The van der Waals surface area contributed by atoms with Gasteiger partial charge in [-0.15, -0.1) is 0 Å². The van der Waals surface area contributed by atoms with Gasteiger partial charge in [0.25, 0.3) is 0 Å². The van der Waals surface area contributed by atoms with Crippen LogP contribution in [0.25, 0.3) is 0 Å². The molecule has 186 valence electrons. The Morgan fingerprint density at radius 2 is 1.76 bits per heavy atom. The van der Waals surface area contributed by atoms with E-state index in [9.17, 15) is 16.8 Å². The molecule has 3 atom stereocenters. The number of sulfone groups is 2. The molecule has 1 aliphatic carbocycles. The molecule has 0 radical (unpaired) electrons. The minimum Gasteiger partial charge on any atom is -0.493 e. The molecule has 6 nitrogen and oxygen atoms in total. The third kappa shape index (κ3) is 6.33. The first-order valence-electron chi connectivity index (χ1n) is 11.7. The van der Waals surface area contributed by atoms with Crippen molar-refractivity contribution in [1.29, 1.82) is 0 Å². The maximum absolute atomic E-state index is 12.4. The molecule has 0 bridgehead atoms. The summed E-state index contributed by atoms with van der Waals surface area (Å²) in [5.41, 5.74) is 2.77. The number of hydrogen-bond acceptors (Lipinski definition) is 6. The molecule has 0 amide bonds. The van der Waals surface area contributed by atoms with Gasteiger partial charge in [-0.05, 0) is 80.1 Å². The third-order valence-electron chi connectivity index (χ3n) is 6.94. The van der Waals surface area contributed by atoms with Gasteiger partial charge in [-0.2, -0.15) is 0 Å². The largest absolute Gasteiger partial charge is 0.493 e. The van der Waals surface area contributed by atoms with Gasteiger partial charge in [0, 0.05) is 35.8 Å². The smallest absolute Gasteiger partial charge is 0.179 e. The normalized spacial score (nSPS) is 23.6. The molecular weight excluding hydrogens is 494 g/mol. The van der Waals surface area contributed by atoms with Gasteiger partial charge in [0.15, 0.2) is 9.84 Å². The zero-order valence-electron chi connectivity index (χ0n) is 19.6. The minimum absolute atomic E-state index is 0.113. The van der Waals surface area contributed by atoms with Crippen LogP contribution in [0, 0.1) is 5.92 Å². The van der Waals surface area contributed by atoms with Crippen LogP contribution in [0.2, 0.25) is 5.02 Å². The highest BCUT2D eigenvalue weighted by Crippen LogP contribution is 2.33. The van der Waals surface area contributed by atoms with Gasteiger partial charge < -0.3 is 4.74 Å². The van der Waals surface area contributed by atoms with Gasteiger partial charge >= 0.3 is 0 Å². The Morgan fingerprint density at radius 3 is 2.47 bits per heavy atom. The lowest BCUT2D eigenvalue weighted by Gasteiger charge is -2.35. The van der Waals surface area contributed by atoms with E-state index in [1.165, 1.54) is 23.3 Å². The maximum atomic E-state index is 12.4. The van der Waals surface area contributed by atoms with Crippen molar-refractivity contribution < 1.29 is 21.6 Å². The van der Waals surface area contributed by atoms with Gasteiger partial charge in [-0.1, -0.05) is 17.7 Å². The first kappa shape index (κ1) is 25.5. The number of aryl methyl sites for hydroxylation is 1. The van der Waals surface area contributed by atoms with Gasteiger partial charge in [0.1, 0.15) is 15.6 Å². The quantitative estimate of drug-likeness (QED) is 0.521. The van der Waals surface area contributed by atoms with Crippen LogP contribution in [0.5, 0.6) is 5.75 Å². The Morgan fingerprint density at radius 1 is 1.03 bits per heavy atom. The van der Waals surface area contributed by atoms with E-state index in [2.05, 4.69) is 24.0 Å². The topological polar surface area (TPSA) is 80.8 Å². The van der Waals surface area contributed by atoms with Crippen LogP contribution in [0.4, 0.5) is 0 Å². The van der Waals surface area contributed by atoms with Crippen molar-refractivity contribution in [1.82, 2.24) is 4.90 Å². The lowest BCUT2D eigenvalue weighted by molar-refractivity contribution is 0.164. The van der Waals surface area contributed by atoms with E-state index < -0.39 is 25.4 Å². The molecule has 4 rings (SSSR count). The predicted octanol–water partition coefficient (Wildman–Crippen LogP) is 3.81. The number of ether oxygens (including phenoxy) is 1. The molecular formula is C25H32ClNO5S2. The Bertz CT molecular complexity index is 1230. The molecule has 2 aromatic carbocycles. The maximum Gasteiger partial charge on any atom is 0.179 e. The molecule has 2 aromatic rings. The second-order valence-electron chi connectivity index (χ2n) is 9.69. The van der Waals surface area contributed by atoms with Crippen LogP contribution >= 0.6 is 11.6 Å². The van der Waals surface area contributed by atoms with E-state index in [-0.39, 0.29) is 10.6 Å². The van der Waals surface area contributed by atoms with Gasteiger partial charge in [-0.25, -0.2) is 16.8 Å². The third-order valence-corrected chi connectivity index (χ3v) is 10.1. The number of halogens is 1. The van der Waals surface area contributed by atoms with E-state index in [1.54, 1.807) is 12.1 Å². The van der Waals surface area contributed by atoms with Crippen molar-refractivity contribution in [3.8, 4) is 5.75 Å². The summed E-state index contributed by atoms with van der Waals surface area (Å²) in [5, 5.41) is 0.800. The van der Waals surface area contributed by atoms with Crippen molar-refractivity contribution in [2.24, 2.45) is 5.92 Å². The number of hydrogen-bond donors (Lipinski definition) is 0. The first-order chi connectivity index (χ1) is 16.0. The van der Waals surface area contributed by atoms with Crippen molar-refractivity contribution in [3.63, 3.8) is 0 Å². The van der Waals surface area contributed by atoms with Crippen molar-refractivity contribution >= 4 is 31.3 Å². The second kappa shape index (κ2) is 10.2. The molecule has 1 heterocycles. The van der Waals surface area contributed by atoms with Crippen molar-refractivity contribution in [3.05, 3.63) is 58.6 Å². The van der Waals surface area contributed by atoms with Crippen LogP contribution in [-0.2, 0) is 32.5 Å². The molecule has 0 spiro atoms. The molecule has 0 N–H and O–H groups in total. The number of likely N-dealkylation sites (tertiary alicyclic amines) is 1. The second-order valence-corrected chi connectivity index (χ2v) is 14.5. The first-order valence-corrected chi connectivity index (χ1v) is 15.8. The van der Waals surface area contributed by atoms with Crippen LogP contribution in [0.3, 0.4) is 0 Å². The summed E-state index contributed by atoms with van der Waals surface area (Å²) in [6, 6.07) is 13.5. The summed E-state index contributed by atoms with van der Waals surface area (Å²) in [6.45, 7) is 3.85. The SMILES string of the molecule is C[C@@H]1C[C@H](COc2ccc(S(=O)(=O)CCS(C)(=O)=O)cc2)CN1C1CCc2ccc(Cl)cc2C1. The zero-order chi connectivity index (χ0) is 24.5. The Kier molecular flexibility index (Phi) is 7.62. The van der Waals surface area contributed by atoms with Crippen LogP contribution in [0.15, 0.2) is 47.4 Å². The number of fused-ring (bicyclic) bond motifs is 1. The van der Waals surface area contributed by atoms with Gasteiger partial charge in [0.05, 0.1) is 23.0 Å². The summed E-state index contributed by atoms with van der Waals surface area (Å²) >= 11 is 6.22. The molecule has 34 heavy (non-hydrogen) atoms. The standard InChI is InChI=1S/C25H32ClNO5S2/c1-18-13-19(16-27(18)23-6-4-20-3-5-22(26)14-21(20)15-23)17-32-24-7-9-25(10-8-24)34(30,31)12-11-33(2,28)29/h3,5,7-10,14,18-19,23H,4,6,11-13,15-17H2,1-2H3/t18-,19+,23?/m1/s1. The molecule has 9 heteroatoms. The van der Waals surface area contributed by atoms with E-state index in [0.29, 0.717) is 30.4 Å². The summed E-state index contributed by atoms with van der Waals surface area (Å²) in [4.78, 5) is 2.72. The lowest BCUT2D eigenvalue weighted by atomic mass is 9.87. The van der Waals surface area contributed by atoms with Crippen LogP contribution < -0.4 is 4.74 Å². The van der Waals surface area contributed by atoms with E-state index >= 15 is 0 Å². The molecule has 2 aliphatic rings. The molecule has 0 aromatic heterocycles. The van der Waals surface area contributed by atoms with Gasteiger partial charge in [-0.3, -0.25) is 4.90 Å². The summed E-state index contributed by atoms with van der Waals surface area (Å²) in [7, 11) is -6.98. The molecule has 1 saturated heterocycles. The fourth-order valence-corrected chi connectivity index (χ4v) is 8.20. The summed E-state index contributed by atoms with van der Waals surface area (Å²) in [5.74, 6) is 0.229. The highest BCUT2D eigenvalue weighted by molar-refractivity contribution is 7.94. The van der Waals surface area contributed by atoms with E-state index in [1.807, 2.05) is 6.07 Å². The zero-order valence-corrected chi connectivity index (χ0v) is 22.0. The molecule has 1 aliphatic heterocycles. The molecule has 1 unspecified atom stereocenters. The average molecular weight is 526 g/mol. The van der Waals surface area contributed by atoms with Gasteiger partial charge in [0.2, 0.25) is 0 Å². The highest BCUT2D eigenvalue weighted by Gasteiger charge is 2.35. The molecule has 1 fully saturated rings. The van der Waals surface area contributed by atoms with Crippen LogP contribution in [0.1, 0.15) is 30.9 Å². The Labute approximate surface area is 208 Å². The fourth-order valence-electron chi connectivity index (χ4n) is 5.13. The molecule has 0 saturated carbocycles. The average Bonchev–Trinajstić information content (AvgIpc) is 3.16. The fraction of sp³-hybridized carbons (Fsp3) is 0.520. The predicted molar refractivity (Wildman–Crippen MR) is 135 cm³/mol. The van der Waals surface area contributed by atoms with Crippen LogP contribution in [-0.4, -0.2) is 64.7 Å². The van der Waals surface area contributed by atoms with Crippen molar-refractivity contribution in [2.45, 2.75) is 49.6 Å². The monoisotopic (exact) mass is 525 g/mol. The van der Waals surface area contributed by atoms with E-state index in [4.69, 9.17) is 16.3 Å². The Balaban J connectivity index is 1.31. The number of rotatable bonds is 8. The number of benzene rings is 2. The Hall–Kier alpha value is -1.61. The van der Waals surface area contributed by atoms with Crippen molar-refractivity contribution in [2.75, 3.05) is 30.9 Å². The summed E-state index contributed by atoms with van der Waals surface area (Å²) in [6.07, 6.45) is 5.37. The number of nitrogens with zero attached hydrogens (tertiary/aromatic N) is 1. The lowest BCUT2D eigenvalue weighted by Crippen LogP contribution is -2.41. The van der Waals surface area contributed by atoms with E-state index in [0.717, 1.165) is 43.5 Å². The summed E-state index contributed by atoms with van der Waals surface area (Å²) < 4.78 is 53.3. The minimum atomic E-state index is -3.64.